The van der Waals surface area contributed by atoms with Crippen LogP contribution in [0.2, 0.25) is 5.02 Å². The fraction of sp³-hybridized carbons (Fsp3) is 0.318. The van der Waals surface area contributed by atoms with Gasteiger partial charge in [0.2, 0.25) is 27.6 Å². The van der Waals surface area contributed by atoms with Gasteiger partial charge in [0, 0.05) is 25.6 Å². The third-order valence-electron chi connectivity index (χ3n) is 5.54. The SMILES string of the molecule is Cc1nc(-c2ccc(C)c(S(=O)(=O)N3CCC[C@@H](C(=O)Nc4ccc(F)cc4Cl)C3)c2)no1. The third-order valence-corrected chi connectivity index (χ3v) is 7.86. The summed E-state index contributed by atoms with van der Waals surface area (Å²) < 4.78 is 46.6. The van der Waals surface area contributed by atoms with Crippen LogP contribution in [0.25, 0.3) is 11.4 Å². The highest BCUT2D eigenvalue weighted by Gasteiger charge is 2.34. The van der Waals surface area contributed by atoms with Gasteiger partial charge in [-0.3, -0.25) is 4.79 Å². The van der Waals surface area contributed by atoms with Gasteiger partial charge in [0.1, 0.15) is 5.82 Å². The molecular formula is C22H22ClFN4O4S. The van der Waals surface area contributed by atoms with Gasteiger partial charge in [0.25, 0.3) is 0 Å². The molecule has 3 aromatic rings. The second-order valence-corrected chi connectivity index (χ2v) is 10.2. The monoisotopic (exact) mass is 492 g/mol. The second kappa shape index (κ2) is 9.20. The number of sulfonamides is 1. The van der Waals surface area contributed by atoms with Gasteiger partial charge in [-0.2, -0.15) is 9.29 Å². The van der Waals surface area contributed by atoms with Crippen molar-refractivity contribution >= 4 is 33.2 Å². The molecule has 8 nitrogen and oxygen atoms in total. The third kappa shape index (κ3) is 4.92. The summed E-state index contributed by atoms with van der Waals surface area (Å²) in [5.41, 5.74) is 1.37. The lowest BCUT2D eigenvalue weighted by atomic mass is 9.98. The average molecular weight is 493 g/mol. The Morgan fingerprint density at radius 2 is 2.03 bits per heavy atom. The Hall–Kier alpha value is -2.82. The summed E-state index contributed by atoms with van der Waals surface area (Å²) in [6, 6.07) is 8.63. The number of anilines is 1. The Kier molecular flexibility index (Phi) is 6.51. The number of carbonyl (C=O) groups excluding carboxylic acids is 1. The van der Waals surface area contributed by atoms with Crippen LogP contribution >= 0.6 is 11.6 Å². The molecule has 1 N–H and O–H groups in total. The van der Waals surface area contributed by atoms with Crippen molar-refractivity contribution in [2.75, 3.05) is 18.4 Å². The van der Waals surface area contributed by atoms with Crippen LogP contribution in [-0.4, -0.2) is 41.9 Å². The van der Waals surface area contributed by atoms with Crippen LogP contribution in [0.15, 0.2) is 45.8 Å². The van der Waals surface area contributed by atoms with Crippen molar-refractivity contribution in [2.45, 2.75) is 31.6 Å². The lowest BCUT2D eigenvalue weighted by Crippen LogP contribution is -2.43. The molecule has 1 aliphatic heterocycles. The molecule has 11 heteroatoms. The largest absolute Gasteiger partial charge is 0.339 e. The summed E-state index contributed by atoms with van der Waals surface area (Å²) in [6.45, 7) is 3.69. The standard InChI is InChI=1S/C22H22ClFN4O4S/c1-13-5-6-15(21-25-14(2)32-27-21)10-20(13)33(30,31)28-9-3-4-16(12-28)22(29)26-19-8-7-17(24)11-18(19)23/h5-8,10-11,16H,3-4,9,12H2,1-2H3,(H,26,29)/t16-/m1/s1. The molecule has 1 aliphatic rings. The van der Waals surface area contributed by atoms with Crippen LogP contribution in [0.4, 0.5) is 10.1 Å². The number of piperidine rings is 1. The molecule has 1 aromatic heterocycles. The number of aromatic nitrogens is 2. The van der Waals surface area contributed by atoms with Crippen LogP contribution in [-0.2, 0) is 14.8 Å². The highest BCUT2D eigenvalue weighted by molar-refractivity contribution is 7.89. The van der Waals surface area contributed by atoms with Gasteiger partial charge in [-0.05, 0) is 49.6 Å². The van der Waals surface area contributed by atoms with Gasteiger partial charge in [-0.1, -0.05) is 28.9 Å². The molecule has 4 rings (SSSR count). The van der Waals surface area contributed by atoms with Crippen LogP contribution in [0.3, 0.4) is 0 Å². The summed E-state index contributed by atoms with van der Waals surface area (Å²) in [5, 5.41) is 6.61. The summed E-state index contributed by atoms with van der Waals surface area (Å²) in [7, 11) is -3.88. The van der Waals surface area contributed by atoms with E-state index in [0.29, 0.717) is 42.2 Å². The number of nitrogens with zero attached hydrogens (tertiary/aromatic N) is 3. The van der Waals surface area contributed by atoms with Crippen LogP contribution < -0.4 is 5.32 Å². The molecule has 2 aromatic carbocycles. The number of hydrogen-bond acceptors (Lipinski definition) is 6. The smallest absolute Gasteiger partial charge is 0.243 e. The van der Waals surface area contributed by atoms with Crippen LogP contribution in [0, 0.1) is 25.6 Å². The molecule has 0 bridgehead atoms. The van der Waals surface area contributed by atoms with Gasteiger partial charge < -0.3 is 9.84 Å². The molecule has 0 saturated carbocycles. The van der Waals surface area contributed by atoms with E-state index in [2.05, 4.69) is 15.5 Å². The van der Waals surface area contributed by atoms with Crippen LogP contribution in [0.5, 0.6) is 0 Å². The van der Waals surface area contributed by atoms with E-state index < -0.39 is 21.8 Å². The van der Waals surface area contributed by atoms with Crippen molar-refractivity contribution in [3.8, 4) is 11.4 Å². The highest BCUT2D eigenvalue weighted by atomic mass is 35.5. The first-order chi connectivity index (χ1) is 15.6. The minimum absolute atomic E-state index is 0.0258. The molecular weight excluding hydrogens is 471 g/mol. The van der Waals surface area contributed by atoms with E-state index >= 15 is 0 Å². The molecule has 33 heavy (non-hydrogen) atoms. The van der Waals surface area contributed by atoms with Crippen molar-refractivity contribution in [3.63, 3.8) is 0 Å². The Bertz CT molecular complexity index is 1310. The maximum absolute atomic E-state index is 13.5. The Morgan fingerprint density at radius 1 is 1.24 bits per heavy atom. The highest BCUT2D eigenvalue weighted by Crippen LogP contribution is 2.30. The van der Waals surface area contributed by atoms with Crippen molar-refractivity contribution in [1.82, 2.24) is 14.4 Å². The lowest BCUT2D eigenvalue weighted by Gasteiger charge is -2.31. The molecule has 1 saturated heterocycles. The second-order valence-electron chi connectivity index (χ2n) is 7.93. The zero-order valence-corrected chi connectivity index (χ0v) is 19.6. The number of rotatable bonds is 5. The normalized spacial score (nSPS) is 17.2. The maximum Gasteiger partial charge on any atom is 0.243 e. The molecule has 1 atom stereocenters. The summed E-state index contributed by atoms with van der Waals surface area (Å²) >= 11 is 6.00. The van der Waals surface area contributed by atoms with E-state index in [1.165, 1.54) is 22.5 Å². The predicted molar refractivity (Wildman–Crippen MR) is 121 cm³/mol. The fourth-order valence-electron chi connectivity index (χ4n) is 3.77. The van der Waals surface area contributed by atoms with Crippen molar-refractivity contribution < 1.29 is 22.1 Å². The molecule has 1 amide bonds. The Balaban J connectivity index is 1.55. The van der Waals surface area contributed by atoms with Gasteiger partial charge >= 0.3 is 0 Å². The molecule has 0 spiro atoms. The average Bonchev–Trinajstić information content (AvgIpc) is 3.22. The summed E-state index contributed by atoms with van der Waals surface area (Å²) in [4.78, 5) is 17.1. The molecule has 174 valence electrons. The minimum atomic E-state index is -3.88. The summed E-state index contributed by atoms with van der Waals surface area (Å²) in [6.07, 6.45) is 1.05. The predicted octanol–water partition coefficient (Wildman–Crippen LogP) is 4.19. The Labute approximate surface area is 195 Å². The van der Waals surface area contributed by atoms with Crippen LogP contribution in [0.1, 0.15) is 24.3 Å². The lowest BCUT2D eigenvalue weighted by molar-refractivity contribution is -0.120. The molecule has 2 heterocycles. The van der Waals surface area contributed by atoms with E-state index in [4.69, 9.17) is 16.1 Å². The van der Waals surface area contributed by atoms with E-state index in [-0.39, 0.29) is 28.1 Å². The van der Waals surface area contributed by atoms with E-state index in [1.807, 2.05) is 0 Å². The van der Waals surface area contributed by atoms with Gasteiger partial charge in [-0.15, -0.1) is 0 Å². The van der Waals surface area contributed by atoms with Gasteiger partial charge in [0.05, 0.1) is 21.5 Å². The maximum atomic E-state index is 13.5. The van der Waals surface area contributed by atoms with E-state index in [0.717, 1.165) is 6.07 Å². The number of halogens is 2. The molecule has 0 aliphatic carbocycles. The van der Waals surface area contributed by atoms with Gasteiger partial charge in [-0.25, -0.2) is 12.8 Å². The fourth-order valence-corrected chi connectivity index (χ4v) is 5.76. The number of amides is 1. The van der Waals surface area contributed by atoms with Gasteiger partial charge in [0.15, 0.2) is 0 Å². The molecule has 0 unspecified atom stereocenters. The zero-order valence-electron chi connectivity index (χ0n) is 18.0. The van der Waals surface area contributed by atoms with Crippen molar-refractivity contribution in [1.29, 1.82) is 0 Å². The zero-order chi connectivity index (χ0) is 23.8. The Morgan fingerprint density at radius 3 is 2.73 bits per heavy atom. The van der Waals surface area contributed by atoms with Crippen molar-refractivity contribution in [2.24, 2.45) is 5.92 Å². The first kappa shape index (κ1) is 23.3. The summed E-state index contributed by atoms with van der Waals surface area (Å²) in [5.74, 6) is -0.771. The minimum Gasteiger partial charge on any atom is -0.339 e. The topological polar surface area (TPSA) is 105 Å². The number of carbonyl (C=O) groups is 1. The number of nitrogens with one attached hydrogen (secondary N) is 1. The first-order valence-corrected chi connectivity index (χ1v) is 12.1. The molecule has 1 fully saturated rings. The van der Waals surface area contributed by atoms with E-state index in [1.54, 1.807) is 26.0 Å². The number of hydrogen-bond donors (Lipinski definition) is 1. The quantitative estimate of drug-likeness (QED) is 0.572. The van der Waals surface area contributed by atoms with Crippen molar-refractivity contribution in [3.05, 3.63) is 58.7 Å². The molecule has 0 radical (unpaired) electrons. The van der Waals surface area contributed by atoms with E-state index in [9.17, 15) is 17.6 Å². The number of benzene rings is 2. The number of aryl methyl sites for hydroxylation is 2. The first-order valence-electron chi connectivity index (χ1n) is 10.3.